The smallest absolute Gasteiger partial charge is 0.0624 e. The zero-order valence-corrected chi connectivity index (χ0v) is 10.3. The summed E-state index contributed by atoms with van der Waals surface area (Å²) in [7, 11) is 0. The Morgan fingerprint density at radius 3 is 2.78 bits per heavy atom. The molecule has 1 saturated carbocycles. The molecule has 1 aromatic carbocycles. The van der Waals surface area contributed by atoms with E-state index >= 15 is 0 Å². The van der Waals surface area contributed by atoms with E-state index in [2.05, 4.69) is 29.3 Å². The molecular weight excluding hydrogens is 226 g/mol. The van der Waals surface area contributed by atoms with Gasteiger partial charge in [0.2, 0.25) is 0 Å². The van der Waals surface area contributed by atoms with Crippen LogP contribution >= 0.6 is 0 Å². The van der Waals surface area contributed by atoms with Gasteiger partial charge in [-0.05, 0) is 18.4 Å². The van der Waals surface area contributed by atoms with Crippen LogP contribution in [0.3, 0.4) is 0 Å². The molecule has 3 rings (SSSR count). The van der Waals surface area contributed by atoms with Crippen molar-refractivity contribution in [1.82, 2.24) is 16.0 Å². The van der Waals surface area contributed by atoms with E-state index < -0.39 is 0 Å². The minimum absolute atomic E-state index is 0.192. The molecule has 1 aliphatic carbocycles. The molecule has 1 fully saturated rings. The zero-order chi connectivity index (χ0) is 12.4. The summed E-state index contributed by atoms with van der Waals surface area (Å²) >= 11 is 0. The van der Waals surface area contributed by atoms with Gasteiger partial charge in [-0.25, -0.2) is 0 Å². The minimum atomic E-state index is -0.192. The predicted octanol–water partition coefficient (Wildman–Crippen LogP) is 1.51. The fourth-order valence-electron chi connectivity index (χ4n) is 2.73. The first-order valence-electron chi connectivity index (χ1n) is 6.55. The Morgan fingerprint density at radius 2 is 2.06 bits per heavy atom. The average molecular weight is 245 g/mol. The third-order valence-electron chi connectivity index (χ3n) is 3.71. The predicted molar refractivity (Wildman–Crippen MR) is 69.7 cm³/mol. The fraction of sp³-hybridized carbons (Fsp3) is 0.429. The van der Waals surface area contributed by atoms with Gasteiger partial charge in [0.05, 0.1) is 18.3 Å². The van der Waals surface area contributed by atoms with Crippen LogP contribution < -0.4 is 11.0 Å². The number of nitrogens with zero attached hydrogens (tertiary/aromatic N) is 1. The topological polar surface area (TPSA) is 47.5 Å². The highest BCUT2D eigenvalue weighted by atomic mass is 16.3. The van der Waals surface area contributed by atoms with Crippen molar-refractivity contribution in [3.63, 3.8) is 0 Å². The van der Waals surface area contributed by atoms with Crippen LogP contribution in [0.15, 0.2) is 42.2 Å². The van der Waals surface area contributed by atoms with Gasteiger partial charge in [-0.2, -0.15) is 0 Å². The standard InChI is InChI=1S/C14H19N3O/c18-14-8-4-7-12(14)13-10-17(16-15-13)9-11-5-2-1-3-6-11/h1-3,5-6,10,12,14-16,18H,4,7-9H2/t12-,14+/m1/s1. The molecule has 0 amide bonds. The highest BCUT2D eigenvalue weighted by molar-refractivity contribution is 5.16. The lowest BCUT2D eigenvalue weighted by Gasteiger charge is -2.15. The van der Waals surface area contributed by atoms with Crippen molar-refractivity contribution in [2.45, 2.75) is 31.9 Å². The maximum Gasteiger partial charge on any atom is 0.0624 e. The maximum atomic E-state index is 9.90. The Kier molecular flexibility index (Phi) is 3.21. The second-order valence-electron chi connectivity index (χ2n) is 5.04. The molecule has 1 aromatic rings. The summed E-state index contributed by atoms with van der Waals surface area (Å²) in [6.07, 6.45) is 4.99. The van der Waals surface area contributed by atoms with Gasteiger partial charge in [0.25, 0.3) is 0 Å². The van der Waals surface area contributed by atoms with Gasteiger partial charge in [0, 0.05) is 12.1 Å². The molecule has 0 spiro atoms. The number of rotatable bonds is 3. The second-order valence-corrected chi connectivity index (χ2v) is 5.04. The van der Waals surface area contributed by atoms with E-state index in [0.717, 1.165) is 31.5 Å². The van der Waals surface area contributed by atoms with E-state index in [4.69, 9.17) is 0 Å². The largest absolute Gasteiger partial charge is 0.392 e. The summed E-state index contributed by atoms with van der Waals surface area (Å²) < 4.78 is 0. The number of hydrazine groups is 2. The summed E-state index contributed by atoms with van der Waals surface area (Å²) in [6, 6.07) is 10.3. The van der Waals surface area contributed by atoms with Crippen molar-refractivity contribution in [1.29, 1.82) is 0 Å². The first kappa shape index (κ1) is 11.6. The molecule has 0 unspecified atom stereocenters. The van der Waals surface area contributed by atoms with Crippen molar-refractivity contribution in [2.24, 2.45) is 5.92 Å². The van der Waals surface area contributed by atoms with E-state index in [-0.39, 0.29) is 12.0 Å². The van der Waals surface area contributed by atoms with Gasteiger partial charge >= 0.3 is 0 Å². The van der Waals surface area contributed by atoms with E-state index in [9.17, 15) is 5.11 Å². The summed E-state index contributed by atoms with van der Waals surface area (Å²) in [5.41, 5.74) is 8.68. The van der Waals surface area contributed by atoms with Crippen LogP contribution in [-0.2, 0) is 6.54 Å². The van der Waals surface area contributed by atoms with Crippen molar-refractivity contribution < 1.29 is 5.11 Å². The Balaban J connectivity index is 1.65. The molecule has 0 bridgehead atoms. The molecule has 4 nitrogen and oxygen atoms in total. The number of benzene rings is 1. The van der Waals surface area contributed by atoms with Crippen molar-refractivity contribution >= 4 is 0 Å². The maximum absolute atomic E-state index is 9.90. The number of aliphatic hydroxyl groups excluding tert-OH is 1. The van der Waals surface area contributed by atoms with E-state index in [1.807, 2.05) is 23.2 Å². The van der Waals surface area contributed by atoms with Crippen LogP contribution in [0.25, 0.3) is 0 Å². The van der Waals surface area contributed by atoms with E-state index in [1.54, 1.807) is 0 Å². The first-order valence-corrected chi connectivity index (χ1v) is 6.55. The van der Waals surface area contributed by atoms with Crippen LogP contribution in [-0.4, -0.2) is 16.2 Å². The van der Waals surface area contributed by atoms with Gasteiger partial charge in [-0.3, -0.25) is 5.01 Å². The van der Waals surface area contributed by atoms with Crippen LogP contribution in [0.1, 0.15) is 24.8 Å². The Labute approximate surface area is 107 Å². The lowest BCUT2D eigenvalue weighted by atomic mass is 10.0. The van der Waals surface area contributed by atoms with E-state index in [0.29, 0.717) is 0 Å². The molecule has 0 saturated heterocycles. The van der Waals surface area contributed by atoms with Crippen LogP contribution in [0.4, 0.5) is 0 Å². The molecule has 96 valence electrons. The quantitative estimate of drug-likeness (QED) is 0.755. The Hall–Kier alpha value is -1.52. The molecule has 18 heavy (non-hydrogen) atoms. The summed E-state index contributed by atoms with van der Waals surface area (Å²) in [5, 5.41) is 11.9. The average Bonchev–Trinajstić information content (AvgIpc) is 2.99. The van der Waals surface area contributed by atoms with Gasteiger partial charge in [0.15, 0.2) is 0 Å². The van der Waals surface area contributed by atoms with Crippen molar-refractivity contribution in [3.8, 4) is 0 Å². The van der Waals surface area contributed by atoms with Crippen LogP contribution in [0, 0.1) is 5.92 Å². The molecular formula is C14H19N3O. The van der Waals surface area contributed by atoms with Gasteiger partial charge in [-0.15, -0.1) is 5.53 Å². The first-order chi connectivity index (χ1) is 8.83. The molecule has 3 N–H and O–H groups in total. The highest BCUT2D eigenvalue weighted by Crippen LogP contribution is 2.31. The monoisotopic (exact) mass is 245 g/mol. The lowest BCUT2D eigenvalue weighted by molar-refractivity contribution is 0.144. The van der Waals surface area contributed by atoms with Crippen LogP contribution in [0.2, 0.25) is 0 Å². The zero-order valence-electron chi connectivity index (χ0n) is 10.3. The van der Waals surface area contributed by atoms with Gasteiger partial charge in [-0.1, -0.05) is 36.8 Å². The summed E-state index contributed by atoms with van der Waals surface area (Å²) in [4.78, 5) is 0. The van der Waals surface area contributed by atoms with Crippen LogP contribution in [0.5, 0.6) is 0 Å². The third kappa shape index (κ3) is 2.35. The SMILES string of the molecule is O[C@H]1CCC[C@@H]1C1=CN(Cc2ccccc2)NN1. The van der Waals surface area contributed by atoms with Gasteiger partial charge < -0.3 is 10.5 Å². The molecule has 2 atom stereocenters. The molecule has 4 heteroatoms. The second kappa shape index (κ2) is 5.00. The van der Waals surface area contributed by atoms with E-state index in [1.165, 1.54) is 5.56 Å². The number of aliphatic hydroxyl groups is 1. The Bertz CT molecular complexity index is 432. The minimum Gasteiger partial charge on any atom is -0.392 e. The highest BCUT2D eigenvalue weighted by Gasteiger charge is 2.30. The summed E-state index contributed by atoms with van der Waals surface area (Å²) in [5.74, 6) is 0.262. The molecule has 1 aliphatic heterocycles. The molecule has 0 radical (unpaired) electrons. The van der Waals surface area contributed by atoms with Gasteiger partial charge in [0.1, 0.15) is 0 Å². The molecule has 2 aliphatic rings. The Morgan fingerprint density at radius 1 is 1.22 bits per heavy atom. The molecule has 1 heterocycles. The van der Waals surface area contributed by atoms with Crippen molar-refractivity contribution in [3.05, 3.63) is 47.8 Å². The van der Waals surface area contributed by atoms with Crippen molar-refractivity contribution in [2.75, 3.05) is 0 Å². The number of hydrogen-bond acceptors (Lipinski definition) is 4. The normalized spacial score (nSPS) is 27.2. The number of nitrogens with one attached hydrogen (secondary N) is 2. The fourth-order valence-corrected chi connectivity index (χ4v) is 2.73. The number of hydrogen-bond donors (Lipinski definition) is 3. The molecule has 0 aromatic heterocycles. The lowest BCUT2D eigenvalue weighted by Crippen LogP contribution is -2.37. The third-order valence-corrected chi connectivity index (χ3v) is 3.71. The summed E-state index contributed by atoms with van der Waals surface area (Å²) in [6.45, 7) is 0.820.